The molecule has 2 rings (SSSR count). The summed E-state index contributed by atoms with van der Waals surface area (Å²) in [4.78, 5) is 24.2. The maximum Gasteiger partial charge on any atom is 0.242 e. The lowest BCUT2D eigenvalue weighted by molar-refractivity contribution is -0.133. The fourth-order valence-electron chi connectivity index (χ4n) is 2.48. The highest BCUT2D eigenvalue weighted by atomic mass is 16.2. The summed E-state index contributed by atoms with van der Waals surface area (Å²) >= 11 is 0. The highest BCUT2D eigenvalue weighted by Crippen LogP contribution is 2.30. The van der Waals surface area contributed by atoms with E-state index in [4.69, 9.17) is 0 Å². The molecule has 0 aliphatic heterocycles. The van der Waals surface area contributed by atoms with Crippen molar-refractivity contribution >= 4 is 11.8 Å². The number of hydrogen-bond donors (Lipinski definition) is 2. The Morgan fingerprint density at radius 1 is 1.24 bits per heavy atom. The number of nitrogens with one attached hydrogen (secondary N) is 2. The summed E-state index contributed by atoms with van der Waals surface area (Å²) in [5, 5.41) is 5.80. The molecular formula is C17H24N2O2. The molecule has 0 aromatic heterocycles. The van der Waals surface area contributed by atoms with E-state index in [1.54, 1.807) is 6.92 Å². The molecule has 1 aliphatic rings. The zero-order valence-electron chi connectivity index (χ0n) is 13.2. The van der Waals surface area contributed by atoms with Gasteiger partial charge in [0.1, 0.15) is 6.04 Å². The number of carbonyl (C=O) groups excluding carboxylic acids is 2. The first-order valence-electron chi connectivity index (χ1n) is 7.48. The average molecular weight is 288 g/mol. The van der Waals surface area contributed by atoms with Crippen LogP contribution in [0, 0.1) is 5.41 Å². The number of amides is 2. The van der Waals surface area contributed by atoms with Gasteiger partial charge in [-0.1, -0.05) is 45.0 Å². The van der Waals surface area contributed by atoms with Gasteiger partial charge in [-0.15, -0.1) is 0 Å². The number of fused-ring (bicyclic) bond motifs is 1. The first-order valence-corrected chi connectivity index (χ1v) is 7.48. The quantitative estimate of drug-likeness (QED) is 0.897. The van der Waals surface area contributed by atoms with Gasteiger partial charge < -0.3 is 10.6 Å². The molecule has 114 valence electrons. The van der Waals surface area contributed by atoms with E-state index in [0.29, 0.717) is 0 Å². The van der Waals surface area contributed by atoms with Crippen LogP contribution in [-0.4, -0.2) is 17.9 Å². The molecule has 0 saturated heterocycles. The first-order chi connectivity index (χ1) is 9.79. The van der Waals surface area contributed by atoms with Crippen molar-refractivity contribution in [1.82, 2.24) is 10.6 Å². The van der Waals surface area contributed by atoms with Crippen LogP contribution < -0.4 is 10.6 Å². The standard InChI is InChI=1S/C17H24N2O2/c1-11(18-16(21)17(2,3)4)15(20)19-14-10-9-12-7-5-6-8-13(12)14/h5-8,11,14H,9-10H2,1-4H3,(H,18,21)(H,19,20). The fraction of sp³-hybridized carbons (Fsp3) is 0.529. The Balaban J connectivity index is 1.95. The molecule has 2 unspecified atom stereocenters. The van der Waals surface area contributed by atoms with Gasteiger partial charge in [0, 0.05) is 5.41 Å². The second-order valence-corrected chi connectivity index (χ2v) is 6.74. The van der Waals surface area contributed by atoms with Gasteiger partial charge in [-0.2, -0.15) is 0 Å². The molecule has 2 N–H and O–H groups in total. The minimum Gasteiger partial charge on any atom is -0.348 e. The Morgan fingerprint density at radius 3 is 2.57 bits per heavy atom. The largest absolute Gasteiger partial charge is 0.348 e. The van der Waals surface area contributed by atoms with Crippen LogP contribution >= 0.6 is 0 Å². The maximum absolute atomic E-state index is 12.2. The monoisotopic (exact) mass is 288 g/mol. The topological polar surface area (TPSA) is 58.2 Å². The number of aryl methyl sites for hydroxylation is 1. The molecule has 4 heteroatoms. The summed E-state index contributed by atoms with van der Waals surface area (Å²) < 4.78 is 0. The fourth-order valence-corrected chi connectivity index (χ4v) is 2.48. The van der Waals surface area contributed by atoms with Crippen molar-refractivity contribution in [3.8, 4) is 0 Å². The maximum atomic E-state index is 12.2. The van der Waals surface area contributed by atoms with Crippen LogP contribution in [0.3, 0.4) is 0 Å². The van der Waals surface area contributed by atoms with E-state index in [2.05, 4.69) is 22.8 Å². The van der Waals surface area contributed by atoms with Gasteiger partial charge in [0.05, 0.1) is 6.04 Å². The number of rotatable bonds is 3. The molecule has 0 bridgehead atoms. The van der Waals surface area contributed by atoms with Crippen molar-refractivity contribution in [2.75, 3.05) is 0 Å². The molecule has 1 aromatic carbocycles. The van der Waals surface area contributed by atoms with Gasteiger partial charge in [-0.05, 0) is 30.9 Å². The zero-order chi connectivity index (χ0) is 15.6. The van der Waals surface area contributed by atoms with Crippen LogP contribution in [0.4, 0.5) is 0 Å². The summed E-state index contributed by atoms with van der Waals surface area (Å²) in [5.74, 6) is -0.244. The Kier molecular flexibility index (Phi) is 4.35. The molecule has 1 aromatic rings. The molecule has 2 atom stereocenters. The normalized spacial score (nSPS) is 18.8. The van der Waals surface area contributed by atoms with E-state index >= 15 is 0 Å². The van der Waals surface area contributed by atoms with Crippen LogP contribution in [0.25, 0.3) is 0 Å². The second-order valence-electron chi connectivity index (χ2n) is 6.74. The van der Waals surface area contributed by atoms with Gasteiger partial charge in [0.2, 0.25) is 11.8 Å². The van der Waals surface area contributed by atoms with E-state index in [1.165, 1.54) is 11.1 Å². The molecule has 0 saturated carbocycles. The second kappa shape index (κ2) is 5.88. The Labute approximate surface area is 126 Å². The summed E-state index contributed by atoms with van der Waals surface area (Å²) in [7, 11) is 0. The smallest absolute Gasteiger partial charge is 0.242 e. The highest BCUT2D eigenvalue weighted by Gasteiger charge is 2.28. The van der Waals surface area contributed by atoms with Crippen LogP contribution in [0.5, 0.6) is 0 Å². The lowest BCUT2D eigenvalue weighted by Gasteiger charge is -2.23. The SMILES string of the molecule is CC(NC(=O)C(C)(C)C)C(=O)NC1CCc2ccccc21. The number of benzene rings is 1. The van der Waals surface area contributed by atoms with Gasteiger partial charge in [0.15, 0.2) is 0 Å². The molecule has 0 radical (unpaired) electrons. The number of carbonyl (C=O) groups is 2. The van der Waals surface area contributed by atoms with Gasteiger partial charge >= 0.3 is 0 Å². The third-order valence-electron chi connectivity index (χ3n) is 3.87. The molecule has 0 heterocycles. The molecular weight excluding hydrogens is 264 g/mol. The predicted octanol–water partition coefficient (Wildman–Crippen LogP) is 2.34. The van der Waals surface area contributed by atoms with Crippen molar-refractivity contribution in [3.63, 3.8) is 0 Å². The van der Waals surface area contributed by atoms with E-state index in [9.17, 15) is 9.59 Å². The Morgan fingerprint density at radius 2 is 1.90 bits per heavy atom. The van der Waals surface area contributed by atoms with Crippen molar-refractivity contribution in [1.29, 1.82) is 0 Å². The zero-order valence-corrected chi connectivity index (χ0v) is 13.2. The van der Waals surface area contributed by atoms with E-state index in [0.717, 1.165) is 12.8 Å². The molecule has 1 aliphatic carbocycles. The van der Waals surface area contributed by atoms with Crippen molar-refractivity contribution in [2.24, 2.45) is 5.41 Å². The van der Waals surface area contributed by atoms with Crippen LogP contribution in [0.15, 0.2) is 24.3 Å². The Hall–Kier alpha value is -1.84. The van der Waals surface area contributed by atoms with Gasteiger partial charge in [-0.25, -0.2) is 0 Å². The molecule has 0 spiro atoms. The van der Waals surface area contributed by atoms with E-state index < -0.39 is 11.5 Å². The van der Waals surface area contributed by atoms with Crippen LogP contribution in [0.1, 0.15) is 51.3 Å². The van der Waals surface area contributed by atoms with E-state index in [1.807, 2.05) is 32.9 Å². The number of hydrogen-bond acceptors (Lipinski definition) is 2. The van der Waals surface area contributed by atoms with Crippen molar-refractivity contribution in [3.05, 3.63) is 35.4 Å². The Bertz CT molecular complexity index is 546. The van der Waals surface area contributed by atoms with E-state index in [-0.39, 0.29) is 17.9 Å². The molecule has 21 heavy (non-hydrogen) atoms. The molecule has 4 nitrogen and oxygen atoms in total. The summed E-state index contributed by atoms with van der Waals surface area (Å²) in [6, 6.07) is 7.72. The third kappa shape index (κ3) is 3.63. The molecule has 0 fully saturated rings. The summed E-state index contributed by atoms with van der Waals surface area (Å²) in [6.45, 7) is 7.22. The third-order valence-corrected chi connectivity index (χ3v) is 3.87. The summed E-state index contributed by atoms with van der Waals surface area (Å²) in [5.41, 5.74) is 2.00. The van der Waals surface area contributed by atoms with Crippen molar-refractivity contribution in [2.45, 2.75) is 52.6 Å². The van der Waals surface area contributed by atoms with Gasteiger partial charge in [-0.3, -0.25) is 9.59 Å². The van der Waals surface area contributed by atoms with Crippen molar-refractivity contribution < 1.29 is 9.59 Å². The highest BCUT2D eigenvalue weighted by molar-refractivity contribution is 5.89. The lowest BCUT2D eigenvalue weighted by Crippen LogP contribution is -2.48. The first kappa shape index (κ1) is 15.5. The minimum absolute atomic E-state index is 0.0580. The molecule has 2 amide bonds. The summed E-state index contributed by atoms with van der Waals surface area (Å²) in [6.07, 6.45) is 1.91. The lowest BCUT2D eigenvalue weighted by atomic mass is 9.95. The average Bonchev–Trinajstić information content (AvgIpc) is 2.81. The van der Waals surface area contributed by atoms with Gasteiger partial charge in [0.25, 0.3) is 0 Å². The minimum atomic E-state index is -0.524. The predicted molar refractivity (Wildman–Crippen MR) is 82.7 cm³/mol. The van der Waals surface area contributed by atoms with Crippen LogP contribution in [-0.2, 0) is 16.0 Å². The van der Waals surface area contributed by atoms with Crippen LogP contribution in [0.2, 0.25) is 0 Å².